The first-order chi connectivity index (χ1) is 15.4. The highest BCUT2D eigenvalue weighted by Crippen LogP contribution is 2.61. The highest BCUT2D eigenvalue weighted by Gasteiger charge is 2.77. The summed E-state index contributed by atoms with van der Waals surface area (Å²) in [5.74, 6) is -1.48. The predicted octanol–water partition coefficient (Wildman–Crippen LogP) is 2.20. The Hall–Kier alpha value is -1.89. The van der Waals surface area contributed by atoms with Crippen LogP contribution in [0.3, 0.4) is 0 Å². The quantitative estimate of drug-likeness (QED) is 0.641. The lowest BCUT2D eigenvalue weighted by Gasteiger charge is -2.34. The number of likely N-dealkylation sites (tertiary alicyclic amines) is 1. The number of carbonyl (C=O) groups excluding carboxylic acids is 3. The number of carbonyl (C=O) groups is 3. The van der Waals surface area contributed by atoms with Gasteiger partial charge in [0, 0.05) is 18.1 Å². The van der Waals surface area contributed by atoms with Crippen molar-refractivity contribution in [3.8, 4) is 0 Å². The van der Waals surface area contributed by atoms with Gasteiger partial charge in [-0.2, -0.15) is 0 Å². The summed E-state index contributed by atoms with van der Waals surface area (Å²) < 4.78 is 6.58. The number of amides is 3. The molecule has 2 N–H and O–H groups in total. The van der Waals surface area contributed by atoms with E-state index in [1.165, 1.54) is 6.42 Å². The van der Waals surface area contributed by atoms with Crippen molar-refractivity contribution in [3.63, 3.8) is 0 Å². The Labute approximate surface area is 189 Å². The van der Waals surface area contributed by atoms with Crippen molar-refractivity contribution in [2.75, 3.05) is 0 Å². The molecule has 7 nitrogen and oxygen atoms in total. The number of ether oxygens (including phenoxy) is 1. The van der Waals surface area contributed by atoms with Gasteiger partial charge in [-0.3, -0.25) is 14.4 Å². The van der Waals surface area contributed by atoms with Gasteiger partial charge in [-0.05, 0) is 45.4 Å². The van der Waals surface area contributed by atoms with E-state index in [1.54, 1.807) is 4.90 Å². The molecule has 0 aromatic carbocycles. The van der Waals surface area contributed by atoms with Gasteiger partial charge in [-0.1, -0.05) is 44.3 Å². The van der Waals surface area contributed by atoms with Crippen LogP contribution in [-0.2, 0) is 19.1 Å². The molecule has 2 saturated heterocycles. The summed E-state index contributed by atoms with van der Waals surface area (Å²) in [4.78, 5) is 42.7. The number of nitrogens with zero attached hydrogens (tertiary/aromatic N) is 1. The molecule has 7 heteroatoms. The minimum atomic E-state index is -1.04. The molecule has 3 saturated carbocycles. The van der Waals surface area contributed by atoms with Gasteiger partial charge >= 0.3 is 0 Å². The highest BCUT2D eigenvalue weighted by molar-refractivity contribution is 6.00. The second-order valence-corrected chi connectivity index (χ2v) is 11.1. The van der Waals surface area contributed by atoms with Crippen LogP contribution in [0.1, 0.15) is 77.6 Å². The molecule has 3 amide bonds. The predicted molar refractivity (Wildman–Crippen MR) is 117 cm³/mol. The van der Waals surface area contributed by atoms with E-state index in [1.807, 2.05) is 19.1 Å². The van der Waals surface area contributed by atoms with Crippen LogP contribution in [0.5, 0.6) is 0 Å². The summed E-state index contributed by atoms with van der Waals surface area (Å²) >= 11 is 0. The lowest BCUT2D eigenvalue weighted by Crippen LogP contribution is -2.56. The molecule has 3 aliphatic heterocycles. The lowest BCUT2D eigenvalue weighted by molar-refractivity contribution is -0.146. The number of hydrogen-bond donors (Lipinski definition) is 2. The van der Waals surface area contributed by atoms with Crippen LogP contribution < -0.4 is 10.6 Å². The van der Waals surface area contributed by atoms with Crippen LogP contribution >= 0.6 is 0 Å². The molecule has 6 rings (SSSR count). The highest BCUT2D eigenvalue weighted by atomic mass is 16.5. The SMILES string of the molecule is C[C@@]12C=C[C@@]3(O1)[C@H](C(=O)N(C1CC1)[C@H]3C(=O)NC1CCCC1)[C@H]2C(=O)NC1CCCCC1. The molecule has 5 atom stereocenters. The van der Waals surface area contributed by atoms with Gasteiger partial charge in [-0.15, -0.1) is 0 Å². The second-order valence-electron chi connectivity index (χ2n) is 11.1. The van der Waals surface area contributed by atoms with Crippen molar-refractivity contribution in [3.05, 3.63) is 12.2 Å². The van der Waals surface area contributed by atoms with Crippen molar-refractivity contribution in [2.24, 2.45) is 11.8 Å². The van der Waals surface area contributed by atoms with Gasteiger partial charge < -0.3 is 20.3 Å². The Morgan fingerprint density at radius 3 is 2.12 bits per heavy atom. The molecule has 0 radical (unpaired) electrons. The van der Waals surface area contributed by atoms with Crippen LogP contribution in [-0.4, -0.2) is 58.0 Å². The molecule has 3 aliphatic carbocycles. The van der Waals surface area contributed by atoms with Crippen molar-refractivity contribution >= 4 is 17.7 Å². The fourth-order valence-corrected chi connectivity index (χ4v) is 7.20. The van der Waals surface area contributed by atoms with E-state index in [-0.39, 0.29) is 35.8 Å². The summed E-state index contributed by atoms with van der Waals surface area (Å²) in [5.41, 5.74) is -1.88. The standard InChI is InChI=1S/C25H35N3O4/c1-24-13-14-25(32-24)19(18(24)21(29)26-15-7-3-2-4-8-15)23(31)28(17-11-12-17)20(25)22(30)27-16-9-5-6-10-16/h13-20H,2-12H2,1H3,(H,26,29)(H,27,30)/t18-,19-,20-,24-,25+/m0/s1. The summed E-state index contributed by atoms with van der Waals surface area (Å²) in [6.07, 6.45) is 15.4. The van der Waals surface area contributed by atoms with Crippen LogP contribution in [0.25, 0.3) is 0 Å². The minimum absolute atomic E-state index is 0.0732. The molecule has 6 aliphatic rings. The third-order valence-electron chi connectivity index (χ3n) is 8.86. The molecule has 5 fully saturated rings. The summed E-state index contributed by atoms with van der Waals surface area (Å²) in [5, 5.41) is 6.46. The zero-order chi connectivity index (χ0) is 22.1. The third-order valence-corrected chi connectivity index (χ3v) is 8.86. The summed E-state index contributed by atoms with van der Waals surface area (Å²) in [6, 6.07) is -0.236. The van der Waals surface area contributed by atoms with Crippen LogP contribution in [0, 0.1) is 11.8 Å². The molecular formula is C25H35N3O4. The first-order valence-corrected chi connectivity index (χ1v) is 12.8. The molecular weight excluding hydrogens is 406 g/mol. The fourth-order valence-electron chi connectivity index (χ4n) is 7.20. The van der Waals surface area contributed by atoms with Gasteiger partial charge in [0.15, 0.2) is 0 Å². The maximum absolute atomic E-state index is 13.8. The number of rotatable bonds is 5. The van der Waals surface area contributed by atoms with Crippen molar-refractivity contribution in [1.29, 1.82) is 0 Å². The Balaban J connectivity index is 1.31. The topological polar surface area (TPSA) is 87.7 Å². The number of hydrogen-bond acceptors (Lipinski definition) is 4. The summed E-state index contributed by atoms with van der Waals surface area (Å²) in [6.45, 7) is 1.91. The van der Waals surface area contributed by atoms with Crippen molar-refractivity contribution in [1.82, 2.24) is 15.5 Å². The normalized spacial score (nSPS) is 41.3. The van der Waals surface area contributed by atoms with E-state index in [2.05, 4.69) is 10.6 Å². The maximum Gasteiger partial charge on any atom is 0.246 e. The maximum atomic E-state index is 13.8. The van der Waals surface area contributed by atoms with Gasteiger partial charge in [-0.25, -0.2) is 0 Å². The molecule has 3 heterocycles. The van der Waals surface area contributed by atoms with Crippen LogP contribution in [0.4, 0.5) is 0 Å². The zero-order valence-corrected chi connectivity index (χ0v) is 19.0. The first-order valence-electron chi connectivity index (χ1n) is 12.8. The number of fused-ring (bicyclic) bond motifs is 1. The molecule has 0 aromatic rings. The average molecular weight is 442 g/mol. The van der Waals surface area contributed by atoms with E-state index in [9.17, 15) is 14.4 Å². The van der Waals surface area contributed by atoms with Gasteiger partial charge in [0.2, 0.25) is 17.7 Å². The molecule has 1 spiro atoms. The van der Waals surface area contributed by atoms with Gasteiger partial charge in [0.1, 0.15) is 11.6 Å². The monoisotopic (exact) mass is 441 g/mol. The van der Waals surface area contributed by atoms with E-state index in [4.69, 9.17) is 4.74 Å². The van der Waals surface area contributed by atoms with Crippen LogP contribution in [0.2, 0.25) is 0 Å². The molecule has 0 aromatic heterocycles. The fraction of sp³-hybridized carbons (Fsp3) is 0.800. The Bertz CT molecular complexity index is 857. The number of nitrogens with one attached hydrogen (secondary N) is 2. The average Bonchev–Trinajstić information content (AvgIpc) is 3.13. The largest absolute Gasteiger partial charge is 0.356 e. The Kier molecular flexibility index (Phi) is 4.73. The molecule has 174 valence electrons. The van der Waals surface area contributed by atoms with E-state index in [0.29, 0.717) is 0 Å². The second kappa shape index (κ2) is 7.31. The van der Waals surface area contributed by atoms with Crippen LogP contribution in [0.15, 0.2) is 12.2 Å². The molecule has 32 heavy (non-hydrogen) atoms. The zero-order valence-electron chi connectivity index (χ0n) is 19.0. The Morgan fingerprint density at radius 1 is 0.906 bits per heavy atom. The van der Waals surface area contributed by atoms with Crippen molar-refractivity contribution in [2.45, 2.75) is 113 Å². The Morgan fingerprint density at radius 2 is 1.50 bits per heavy atom. The van der Waals surface area contributed by atoms with Crippen molar-refractivity contribution < 1.29 is 19.1 Å². The molecule has 0 unspecified atom stereocenters. The first kappa shape index (κ1) is 20.7. The van der Waals surface area contributed by atoms with E-state index >= 15 is 0 Å². The smallest absolute Gasteiger partial charge is 0.246 e. The van der Waals surface area contributed by atoms with Gasteiger partial charge in [0.25, 0.3) is 0 Å². The minimum Gasteiger partial charge on any atom is -0.356 e. The van der Waals surface area contributed by atoms with Gasteiger partial charge in [0.05, 0.1) is 17.4 Å². The summed E-state index contributed by atoms with van der Waals surface area (Å²) in [7, 11) is 0. The van der Waals surface area contributed by atoms with E-state index in [0.717, 1.165) is 64.2 Å². The lowest BCUT2D eigenvalue weighted by atomic mass is 9.70. The molecule has 2 bridgehead atoms. The third kappa shape index (κ3) is 2.99. The van der Waals surface area contributed by atoms with E-state index < -0.39 is 29.1 Å².